The third-order valence-corrected chi connectivity index (χ3v) is 3.46. The van der Waals surface area contributed by atoms with Gasteiger partial charge in [0.15, 0.2) is 0 Å². The van der Waals surface area contributed by atoms with Crippen LogP contribution >= 0.6 is 11.6 Å². The van der Waals surface area contributed by atoms with Crippen molar-refractivity contribution in [2.75, 3.05) is 14.2 Å². The molecule has 2 aromatic carbocycles. The molecule has 118 valence electrons. The molecule has 5 heteroatoms. The molecule has 0 atom stereocenters. The predicted molar refractivity (Wildman–Crippen MR) is 89.1 cm³/mol. The number of hydrogen-bond donors (Lipinski definition) is 0. The second-order valence-electron chi connectivity index (χ2n) is 4.67. The number of hydrogen-bond acceptors (Lipinski definition) is 4. The van der Waals surface area contributed by atoms with Crippen molar-refractivity contribution in [1.82, 2.24) is 0 Å². The zero-order valence-corrected chi connectivity index (χ0v) is 13.5. The molecule has 0 fully saturated rings. The van der Waals surface area contributed by atoms with Crippen molar-refractivity contribution in [1.29, 1.82) is 0 Å². The average molecular weight is 331 g/mol. The second kappa shape index (κ2) is 7.61. The van der Waals surface area contributed by atoms with Crippen LogP contribution in [0.3, 0.4) is 0 Å². The molecule has 0 aliphatic rings. The third-order valence-electron chi connectivity index (χ3n) is 3.20. The monoisotopic (exact) mass is 330 g/mol. The Morgan fingerprint density at radius 1 is 0.870 bits per heavy atom. The molecular weight excluding hydrogens is 316 g/mol. The van der Waals surface area contributed by atoms with Gasteiger partial charge in [0, 0.05) is 5.02 Å². The second-order valence-corrected chi connectivity index (χ2v) is 5.11. The first-order valence-electron chi connectivity index (χ1n) is 6.79. The minimum atomic E-state index is -0.454. The molecule has 0 N–H and O–H groups in total. The Labute approximate surface area is 139 Å². The van der Waals surface area contributed by atoms with E-state index in [0.29, 0.717) is 21.7 Å². The molecule has 0 aliphatic heterocycles. The van der Waals surface area contributed by atoms with Crippen LogP contribution in [-0.2, 0) is 14.3 Å². The highest BCUT2D eigenvalue weighted by molar-refractivity contribution is 6.30. The van der Waals surface area contributed by atoms with Gasteiger partial charge >= 0.3 is 11.9 Å². The highest BCUT2D eigenvalue weighted by Crippen LogP contribution is 2.22. The zero-order chi connectivity index (χ0) is 16.8. The number of esters is 2. The van der Waals surface area contributed by atoms with E-state index in [-0.39, 0.29) is 0 Å². The van der Waals surface area contributed by atoms with E-state index in [1.54, 1.807) is 54.6 Å². The molecule has 0 aliphatic carbocycles. The van der Waals surface area contributed by atoms with E-state index in [1.807, 2.05) is 0 Å². The minimum absolute atomic E-state index is 0.398. The summed E-state index contributed by atoms with van der Waals surface area (Å²) in [6.07, 6.45) is 1.69. The number of halogens is 1. The Balaban J connectivity index is 2.39. The lowest BCUT2D eigenvalue weighted by molar-refractivity contribution is -0.133. The smallest absolute Gasteiger partial charge is 0.338 e. The van der Waals surface area contributed by atoms with Gasteiger partial charge in [-0.15, -0.1) is 0 Å². The molecule has 23 heavy (non-hydrogen) atoms. The van der Waals surface area contributed by atoms with Gasteiger partial charge in [-0.25, -0.2) is 9.59 Å². The Bertz CT molecular complexity index is 731. The van der Waals surface area contributed by atoms with Crippen LogP contribution in [-0.4, -0.2) is 26.2 Å². The summed E-state index contributed by atoms with van der Waals surface area (Å²) in [6.45, 7) is 0. The molecule has 0 amide bonds. The van der Waals surface area contributed by atoms with Crippen LogP contribution in [0.25, 0.3) is 11.6 Å². The zero-order valence-electron chi connectivity index (χ0n) is 12.7. The van der Waals surface area contributed by atoms with E-state index in [4.69, 9.17) is 16.3 Å². The highest BCUT2D eigenvalue weighted by Gasteiger charge is 2.13. The maximum Gasteiger partial charge on any atom is 0.338 e. The number of rotatable bonds is 4. The van der Waals surface area contributed by atoms with E-state index < -0.39 is 11.9 Å². The van der Waals surface area contributed by atoms with Gasteiger partial charge in [-0.3, -0.25) is 0 Å². The number of carbonyl (C=O) groups is 2. The van der Waals surface area contributed by atoms with Crippen molar-refractivity contribution >= 4 is 35.2 Å². The predicted octanol–water partition coefficient (Wildman–Crippen LogP) is 3.84. The summed E-state index contributed by atoms with van der Waals surface area (Å²) in [7, 11) is 2.65. The summed E-state index contributed by atoms with van der Waals surface area (Å²) < 4.78 is 9.49. The standard InChI is InChI=1S/C18H15ClO4/c1-22-17(20)14-5-3-12(4-6-14)11-16(18(21)23-2)13-7-9-15(19)10-8-13/h3-11H,1-2H3/b16-11+. The van der Waals surface area contributed by atoms with Crippen LogP contribution in [0.15, 0.2) is 48.5 Å². The fraction of sp³-hybridized carbons (Fsp3) is 0.111. The van der Waals surface area contributed by atoms with Crippen molar-refractivity contribution in [3.05, 3.63) is 70.2 Å². The maximum absolute atomic E-state index is 12.0. The first-order chi connectivity index (χ1) is 11.0. The van der Waals surface area contributed by atoms with E-state index in [9.17, 15) is 9.59 Å². The van der Waals surface area contributed by atoms with E-state index in [2.05, 4.69) is 4.74 Å². The molecular formula is C18H15ClO4. The van der Waals surface area contributed by atoms with Crippen LogP contribution in [0.1, 0.15) is 21.5 Å². The Morgan fingerprint density at radius 2 is 1.43 bits per heavy atom. The van der Waals surface area contributed by atoms with E-state index >= 15 is 0 Å². The lowest BCUT2D eigenvalue weighted by Gasteiger charge is -2.07. The Morgan fingerprint density at radius 3 is 1.96 bits per heavy atom. The molecule has 0 unspecified atom stereocenters. The minimum Gasteiger partial charge on any atom is -0.465 e. The summed E-state index contributed by atoms with van der Waals surface area (Å²) in [6, 6.07) is 13.6. The van der Waals surface area contributed by atoms with Gasteiger partial charge in [0.1, 0.15) is 0 Å². The molecule has 0 bridgehead atoms. The maximum atomic E-state index is 12.0. The molecule has 0 aromatic heterocycles. The largest absolute Gasteiger partial charge is 0.465 e. The molecule has 0 heterocycles. The van der Waals surface area contributed by atoms with Crippen molar-refractivity contribution in [3.63, 3.8) is 0 Å². The van der Waals surface area contributed by atoms with Gasteiger partial charge < -0.3 is 9.47 Å². The van der Waals surface area contributed by atoms with Crippen LogP contribution < -0.4 is 0 Å². The lowest BCUT2D eigenvalue weighted by Crippen LogP contribution is -2.04. The summed E-state index contributed by atoms with van der Waals surface area (Å²) in [5, 5.41) is 0.584. The number of ether oxygens (including phenoxy) is 2. The van der Waals surface area contributed by atoms with Crippen LogP contribution in [0.2, 0.25) is 5.02 Å². The van der Waals surface area contributed by atoms with Gasteiger partial charge in [-0.2, -0.15) is 0 Å². The van der Waals surface area contributed by atoms with Gasteiger partial charge in [-0.05, 0) is 41.5 Å². The molecule has 4 nitrogen and oxygen atoms in total. The molecule has 0 saturated heterocycles. The molecule has 0 saturated carbocycles. The fourth-order valence-electron chi connectivity index (χ4n) is 2.00. The van der Waals surface area contributed by atoms with Crippen LogP contribution in [0.5, 0.6) is 0 Å². The highest BCUT2D eigenvalue weighted by atomic mass is 35.5. The number of methoxy groups -OCH3 is 2. The van der Waals surface area contributed by atoms with Gasteiger partial charge in [0.2, 0.25) is 0 Å². The number of carbonyl (C=O) groups excluding carboxylic acids is 2. The van der Waals surface area contributed by atoms with Crippen LogP contribution in [0, 0.1) is 0 Å². The third kappa shape index (κ3) is 4.20. The summed E-state index contributed by atoms with van der Waals surface area (Å²) in [5.74, 6) is -0.865. The molecule has 0 spiro atoms. The summed E-state index contributed by atoms with van der Waals surface area (Å²) in [4.78, 5) is 23.5. The molecule has 2 aromatic rings. The fourth-order valence-corrected chi connectivity index (χ4v) is 2.13. The Kier molecular flexibility index (Phi) is 5.55. The van der Waals surface area contributed by atoms with Gasteiger partial charge in [-0.1, -0.05) is 35.9 Å². The van der Waals surface area contributed by atoms with Crippen molar-refractivity contribution in [2.24, 2.45) is 0 Å². The average Bonchev–Trinajstić information content (AvgIpc) is 2.59. The first-order valence-corrected chi connectivity index (χ1v) is 7.17. The molecule has 0 radical (unpaired) electrons. The van der Waals surface area contributed by atoms with Crippen molar-refractivity contribution < 1.29 is 19.1 Å². The van der Waals surface area contributed by atoms with Gasteiger partial charge in [0.05, 0.1) is 25.4 Å². The summed E-state index contributed by atoms with van der Waals surface area (Å²) in [5.41, 5.74) is 2.29. The van der Waals surface area contributed by atoms with Gasteiger partial charge in [0.25, 0.3) is 0 Å². The normalized spacial score (nSPS) is 11.0. The number of benzene rings is 2. The Hall–Kier alpha value is -2.59. The van der Waals surface area contributed by atoms with Crippen molar-refractivity contribution in [2.45, 2.75) is 0 Å². The SMILES string of the molecule is COC(=O)/C(=C/c1ccc(C(=O)OC)cc1)c1ccc(Cl)cc1. The summed E-state index contributed by atoms with van der Waals surface area (Å²) >= 11 is 5.87. The molecule has 2 rings (SSSR count). The lowest BCUT2D eigenvalue weighted by atomic mass is 10.0. The first kappa shape index (κ1) is 16.8. The van der Waals surface area contributed by atoms with Crippen molar-refractivity contribution in [3.8, 4) is 0 Å². The quantitative estimate of drug-likeness (QED) is 0.485. The van der Waals surface area contributed by atoms with Crippen LogP contribution in [0.4, 0.5) is 0 Å². The topological polar surface area (TPSA) is 52.6 Å². The van der Waals surface area contributed by atoms with E-state index in [1.165, 1.54) is 14.2 Å². The van der Waals surface area contributed by atoms with E-state index in [0.717, 1.165) is 5.56 Å².